The van der Waals surface area contributed by atoms with Gasteiger partial charge in [-0.05, 0) is 73.9 Å². The van der Waals surface area contributed by atoms with Gasteiger partial charge in [-0.15, -0.1) is 0 Å². The Balaban J connectivity index is 1.98. The third kappa shape index (κ3) is 2.17. The maximum atomic E-state index is 14.4. The van der Waals surface area contributed by atoms with Crippen LogP contribution in [0.1, 0.15) is 106 Å². The number of carbonyl (C=O) groups excluding carboxylic acids is 1. The fraction of sp³-hybridized carbons (Fsp3) is 0.767. The molecular formula is C30H43NO4. The van der Waals surface area contributed by atoms with E-state index in [2.05, 4.69) is 13.8 Å². The van der Waals surface area contributed by atoms with E-state index >= 15 is 0 Å². The van der Waals surface area contributed by atoms with Crippen molar-refractivity contribution in [1.29, 1.82) is 1.43 Å². The van der Waals surface area contributed by atoms with Crippen molar-refractivity contribution >= 4 is 5.78 Å². The zero-order valence-electron chi connectivity index (χ0n) is 30.5. The second-order valence-corrected chi connectivity index (χ2v) is 13.0. The highest BCUT2D eigenvalue weighted by molar-refractivity contribution is 5.91. The highest BCUT2D eigenvalue weighted by atomic mass is 16.5. The summed E-state index contributed by atoms with van der Waals surface area (Å²) in [4.78, 5) is 16.0. The molecule has 0 amide bonds. The van der Waals surface area contributed by atoms with Crippen LogP contribution in [0, 0.1) is 30.6 Å². The van der Waals surface area contributed by atoms with Crippen LogP contribution in [0.2, 0.25) is 0 Å². The number of piperidine rings is 1. The van der Waals surface area contributed by atoms with E-state index in [0.717, 1.165) is 6.42 Å². The molecule has 1 aromatic carbocycles. The predicted molar refractivity (Wildman–Crippen MR) is 136 cm³/mol. The molecule has 6 rings (SSSR count). The quantitative estimate of drug-likeness (QED) is 0.630. The number of hydrogen-bond acceptors (Lipinski definition) is 5. The molecule has 0 radical (unpaired) electrons. The molecule has 8 atom stereocenters. The predicted octanol–water partition coefficient (Wildman–Crippen LogP) is 4.93. The lowest BCUT2D eigenvalue weighted by Gasteiger charge is -2.75. The molecule has 2 N–H and O–H groups in total. The maximum absolute atomic E-state index is 14.4. The van der Waals surface area contributed by atoms with Crippen LogP contribution in [0.5, 0.6) is 11.5 Å². The second kappa shape index (κ2) is 6.27. The van der Waals surface area contributed by atoms with E-state index in [9.17, 15) is 16.8 Å². The molecule has 35 heavy (non-hydrogen) atoms. The smallest absolute Gasteiger partial charge is 0.211 e. The first-order chi connectivity index (χ1) is 19.2. The zero-order chi connectivity index (χ0) is 32.9. The number of Topliss-reactive ketones (excluding diaryl/α,β-unsaturated/α-hetero) is 1. The first-order valence-electron chi connectivity index (χ1n) is 16.6. The molecule has 5 nitrogen and oxygen atoms in total. The number of phenolic OH excluding ortho intramolecular Hbond substituents is 1. The van der Waals surface area contributed by atoms with Crippen molar-refractivity contribution in [1.82, 2.24) is 4.90 Å². The Bertz CT molecular complexity index is 1530. The van der Waals surface area contributed by atoms with Crippen LogP contribution in [0.25, 0.3) is 0 Å². The van der Waals surface area contributed by atoms with Crippen LogP contribution in [0.3, 0.4) is 0 Å². The van der Waals surface area contributed by atoms with Crippen molar-refractivity contribution in [3.63, 3.8) is 0 Å². The van der Waals surface area contributed by atoms with Crippen molar-refractivity contribution < 1.29 is 29.3 Å². The van der Waals surface area contributed by atoms with Gasteiger partial charge in [0, 0.05) is 42.3 Å². The van der Waals surface area contributed by atoms with Gasteiger partial charge in [0.1, 0.15) is 0 Å². The number of rotatable bonds is 3. The summed E-state index contributed by atoms with van der Waals surface area (Å²) >= 11 is 0. The zero-order valence-corrected chi connectivity index (χ0v) is 22.5. The SMILES string of the molecule is [2H]O[C@@]12C([2H])([2H])C([2H])([2H])C(=O)[C@]3([2H])Oc4c(O)c(C)c(C)c5c4[C@]13C(C)(C)C([2H])(C)N(C(C)C1(C)CC1C)[C@]2([2H])C5(C)C. The van der Waals surface area contributed by atoms with Crippen LogP contribution >= 0.6 is 0 Å². The standard InChI is InChI=1S/C30H43NO4/c1-14-13-28(14,10)18(5)31-17(4)27(8,9)30-21-20-15(2)16(3)22(33)23(21)35-24(30)19(32)11-12-29(30,34)25(31)26(20,6)7/h14,17-18,24-25,33-34H,11-13H2,1-10H3/t14?,17?,18?,24-,25+,28?,29+,30-/m0/s1/i11D2,12D2,17D,24D,25D,34D. The highest BCUT2D eigenvalue weighted by Gasteiger charge is 2.83. The van der Waals surface area contributed by atoms with Crippen LogP contribution in [0.4, 0.5) is 0 Å². The number of likely N-dealkylation sites (tertiary alicyclic amines) is 1. The number of aromatic hydroxyl groups is 1. The molecule has 192 valence electrons. The Morgan fingerprint density at radius 1 is 1.17 bits per heavy atom. The highest BCUT2D eigenvalue weighted by Crippen LogP contribution is 2.75. The van der Waals surface area contributed by atoms with Gasteiger partial charge in [0.25, 0.3) is 0 Å². The average molecular weight is 490 g/mol. The van der Waals surface area contributed by atoms with Crippen LogP contribution < -0.4 is 4.74 Å². The molecule has 5 aliphatic rings. The van der Waals surface area contributed by atoms with E-state index in [0.29, 0.717) is 16.7 Å². The maximum Gasteiger partial charge on any atom is 0.211 e. The summed E-state index contributed by atoms with van der Waals surface area (Å²) < 4.78 is 83.0. The fourth-order valence-electron chi connectivity index (χ4n) is 8.34. The van der Waals surface area contributed by atoms with Crippen LogP contribution in [-0.2, 0) is 15.6 Å². The third-order valence-electron chi connectivity index (χ3n) is 11.0. The van der Waals surface area contributed by atoms with Gasteiger partial charge in [-0.25, -0.2) is 0 Å². The molecule has 3 aliphatic carbocycles. The van der Waals surface area contributed by atoms with Gasteiger partial charge in [-0.2, -0.15) is 0 Å². The number of hydrogen-bond donors (Lipinski definition) is 2. The molecule has 4 unspecified atom stereocenters. The minimum absolute atomic E-state index is 0.0535. The lowest BCUT2D eigenvalue weighted by Crippen LogP contribution is -2.87. The molecule has 2 heterocycles. The lowest BCUT2D eigenvalue weighted by molar-refractivity contribution is -0.267. The molecule has 1 spiro atoms. The van der Waals surface area contributed by atoms with Crippen molar-refractivity contribution in [2.24, 2.45) is 16.7 Å². The van der Waals surface area contributed by atoms with E-state index in [1.165, 1.54) is 0 Å². The number of ketones is 1. The first kappa shape index (κ1) is 16.3. The molecule has 3 fully saturated rings. The molecule has 5 heteroatoms. The summed E-state index contributed by atoms with van der Waals surface area (Å²) in [5.41, 5.74) is -7.56. The first-order valence-corrected chi connectivity index (χ1v) is 12.7. The topological polar surface area (TPSA) is 70.0 Å². The summed E-state index contributed by atoms with van der Waals surface area (Å²) in [6, 6.07) is -4.86. The van der Waals surface area contributed by atoms with E-state index in [4.69, 9.17) is 14.0 Å². The Labute approximate surface area is 221 Å². The van der Waals surface area contributed by atoms with E-state index in [-0.39, 0.29) is 23.0 Å². The van der Waals surface area contributed by atoms with Crippen molar-refractivity contribution in [2.75, 3.05) is 0 Å². The fourth-order valence-corrected chi connectivity index (χ4v) is 8.34. The molecule has 2 saturated carbocycles. The number of phenols is 1. The number of benzene rings is 1. The molecule has 1 saturated heterocycles. The number of carbonyl (C=O) groups is 1. The Morgan fingerprint density at radius 3 is 2.37 bits per heavy atom. The number of aliphatic hydroxyl groups is 1. The summed E-state index contributed by atoms with van der Waals surface area (Å²) in [6.45, 7) is 17.6. The van der Waals surface area contributed by atoms with Gasteiger partial charge >= 0.3 is 0 Å². The summed E-state index contributed by atoms with van der Waals surface area (Å²) in [5.74, 6) is -1.99. The Kier molecular flexibility index (Phi) is 2.92. The van der Waals surface area contributed by atoms with E-state index in [1.807, 2.05) is 6.92 Å². The molecule has 0 aromatic heterocycles. The normalized spacial score (nSPS) is 57.5. The second-order valence-electron chi connectivity index (χ2n) is 13.0. The van der Waals surface area contributed by atoms with Crippen molar-refractivity contribution in [3.05, 3.63) is 22.3 Å². The summed E-state index contributed by atoms with van der Waals surface area (Å²) in [5, 5.41) is 17.2. The van der Waals surface area contributed by atoms with Crippen LogP contribution in [0.15, 0.2) is 0 Å². The van der Waals surface area contributed by atoms with Crippen molar-refractivity contribution in [2.45, 2.75) is 129 Å². The third-order valence-corrected chi connectivity index (χ3v) is 11.0. The molecule has 2 aliphatic heterocycles. The van der Waals surface area contributed by atoms with Gasteiger partial charge < -0.3 is 15.0 Å². The molecule has 2 bridgehead atoms. The summed E-state index contributed by atoms with van der Waals surface area (Å²) in [6.07, 6.45) is -9.07. The van der Waals surface area contributed by atoms with Gasteiger partial charge in [-0.3, -0.25) is 9.69 Å². The van der Waals surface area contributed by atoms with E-state index in [1.54, 1.807) is 53.4 Å². The van der Waals surface area contributed by atoms with Gasteiger partial charge in [0.15, 0.2) is 23.4 Å². The largest absolute Gasteiger partial charge is 0.504 e. The van der Waals surface area contributed by atoms with Gasteiger partial charge in [0.2, 0.25) is 1.43 Å². The van der Waals surface area contributed by atoms with Crippen LogP contribution in [-0.4, -0.2) is 52.1 Å². The molecular weight excluding hydrogens is 438 g/mol. The average Bonchev–Trinajstić information content (AvgIpc) is 3.40. The minimum atomic E-state index is -3.46. The summed E-state index contributed by atoms with van der Waals surface area (Å²) in [7, 11) is 0. The minimum Gasteiger partial charge on any atom is -0.504 e. The van der Waals surface area contributed by atoms with Crippen molar-refractivity contribution in [3.8, 4) is 11.5 Å². The monoisotopic (exact) mass is 489 g/mol. The number of ether oxygens (including phenoxy) is 1. The lowest BCUT2D eigenvalue weighted by atomic mass is 9.36. The Morgan fingerprint density at radius 2 is 1.80 bits per heavy atom. The van der Waals surface area contributed by atoms with E-state index < -0.39 is 69.9 Å². The van der Waals surface area contributed by atoms with Gasteiger partial charge in [-0.1, -0.05) is 41.5 Å². The molecule has 1 aromatic rings. The Hall–Kier alpha value is -1.59. The van der Waals surface area contributed by atoms with Gasteiger partial charge in [0.05, 0.1) is 13.8 Å². The number of nitrogens with zero attached hydrogens (tertiary/aromatic N) is 1.